The average molecular weight is 434 g/mol. The highest BCUT2D eigenvalue weighted by atomic mass is 19.1. The number of ether oxygens (including phenoxy) is 1. The summed E-state index contributed by atoms with van der Waals surface area (Å²) in [4.78, 5) is 38.6. The number of hydrogen-bond donors (Lipinski definition) is 1. The van der Waals surface area contributed by atoms with Crippen molar-refractivity contribution in [3.63, 3.8) is 0 Å². The van der Waals surface area contributed by atoms with Crippen molar-refractivity contribution in [2.45, 2.75) is 25.9 Å². The largest absolute Gasteiger partial charge is 0.452 e. The van der Waals surface area contributed by atoms with Crippen LogP contribution in [0.3, 0.4) is 0 Å². The van der Waals surface area contributed by atoms with Gasteiger partial charge in [0.25, 0.3) is 11.8 Å². The molecule has 164 valence electrons. The van der Waals surface area contributed by atoms with Crippen LogP contribution in [0.1, 0.15) is 30.1 Å². The third-order valence-corrected chi connectivity index (χ3v) is 5.06. The van der Waals surface area contributed by atoms with Crippen LogP contribution in [-0.4, -0.2) is 41.9 Å². The van der Waals surface area contributed by atoms with E-state index in [-0.39, 0.29) is 11.6 Å². The van der Waals surface area contributed by atoms with Crippen molar-refractivity contribution in [2.75, 3.05) is 18.4 Å². The van der Waals surface area contributed by atoms with E-state index >= 15 is 0 Å². The maximum atomic E-state index is 13.7. The summed E-state index contributed by atoms with van der Waals surface area (Å²) >= 11 is 0. The molecule has 1 heterocycles. The van der Waals surface area contributed by atoms with Crippen molar-refractivity contribution in [2.24, 2.45) is 5.92 Å². The Hall–Kier alpha value is -3.36. The molecule has 2 aromatic rings. The van der Waals surface area contributed by atoms with Crippen molar-refractivity contribution < 1.29 is 32.3 Å². The van der Waals surface area contributed by atoms with Gasteiger partial charge in [-0.1, -0.05) is 0 Å². The SMILES string of the molecule is CC(OC(=O)C1CCN(C(=O)c2ccc(F)cc2)CC1)C(=O)Nc1cc(F)ccc1F. The first-order chi connectivity index (χ1) is 14.7. The summed E-state index contributed by atoms with van der Waals surface area (Å²) in [5.41, 5.74) is 0.0119. The van der Waals surface area contributed by atoms with Crippen LogP contribution in [0, 0.1) is 23.4 Å². The highest BCUT2D eigenvalue weighted by molar-refractivity contribution is 5.95. The number of anilines is 1. The Labute approximate surface area is 177 Å². The number of esters is 1. The molecule has 2 amide bonds. The molecule has 1 aliphatic rings. The summed E-state index contributed by atoms with van der Waals surface area (Å²) < 4.78 is 45.1. The lowest BCUT2D eigenvalue weighted by Gasteiger charge is -2.31. The monoisotopic (exact) mass is 434 g/mol. The Morgan fingerprint density at radius 2 is 1.61 bits per heavy atom. The first-order valence-electron chi connectivity index (χ1n) is 9.76. The molecule has 0 spiro atoms. The van der Waals surface area contributed by atoms with Crippen LogP contribution in [-0.2, 0) is 14.3 Å². The number of likely N-dealkylation sites (tertiary alicyclic amines) is 1. The smallest absolute Gasteiger partial charge is 0.309 e. The molecule has 1 saturated heterocycles. The van der Waals surface area contributed by atoms with Crippen LogP contribution in [0.15, 0.2) is 42.5 Å². The van der Waals surface area contributed by atoms with E-state index in [0.717, 1.165) is 18.2 Å². The van der Waals surface area contributed by atoms with Crippen LogP contribution >= 0.6 is 0 Å². The maximum Gasteiger partial charge on any atom is 0.309 e. The molecule has 3 rings (SSSR count). The quantitative estimate of drug-likeness (QED) is 0.731. The van der Waals surface area contributed by atoms with Crippen molar-refractivity contribution in [1.29, 1.82) is 0 Å². The zero-order valence-electron chi connectivity index (χ0n) is 16.7. The number of nitrogens with one attached hydrogen (secondary N) is 1. The second-order valence-corrected chi connectivity index (χ2v) is 7.27. The second-order valence-electron chi connectivity index (χ2n) is 7.27. The number of rotatable bonds is 5. The predicted molar refractivity (Wildman–Crippen MR) is 106 cm³/mol. The van der Waals surface area contributed by atoms with Gasteiger partial charge in [0.15, 0.2) is 6.10 Å². The van der Waals surface area contributed by atoms with Crippen LogP contribution < -0.4 is 5.32 Å². The molecule has 1 unspecified atom stereocenters. The number of halogens is 3. The molecule has 0 saturated carbocycles. The zero-order chi connectivity index (χ0) is 22.5. The molecule has 0 bridgehead atoms. The van der Waals surface area contributed by atoms with Gasteiger partial charge in [0.1, 0.15) is 17.5 Å². The van der Waals surface area contributed by atoms with E-state index in [1.807, 2.05) is 0 Å². The molecule has 9 heteroatoms. The van der Waals surface area contributed by atoms with Gasteiger partial charge in [-0.3, -0.25) is 14.4 Å². The third kappa shape index (κ3) is 5.62. The minimum absolute atomic E-state index is 0.253. The van der Waals surface area contributed by atoms with Crippen molar-refractivity contribution in [3.8, 4) is 0 Å². The van der Waals surface area contributed by atoms with Gasteiger partial charge in [0.05, 0.1) is 11.6 Å². The van der Waals surface area contributed by atoms with Gasteiger partial charge in [0, 0.05) is 24.7 Å². The summed E-state index contributed by atoms with van der Waals surface area (Å²) in [5.74, 6) is -4.11. The molecular formula is C22H21F3N2O4. The summed E-state index contributed by atoms with van der Waals surface area (Å²) in [6.07, 6.45) is -0.522. The number of hydrogen-bond acceptors (Lipinski definition) is 4. The van der Waals surface area contributed by atoms with Gasteiger partial charge in [-0.05, 0) is 56.2 Å². The van der Waals surface area contributed by atoms with E-state index in [0.29, 0.717) is 31.5 Å². The van der Waals surface area contributed by atoms with E-state index in [1.54, 1.807) is 4.90 Å². The summed E-state index contributed by atoms with van der Waals surface area (Å²) in [6.45, 7) is 1.95. The van der Waals surface area contributed by atoms with Crippen LogP contribution in [0.5, 0.6) is 0 Å². The molecule has 0 aromatic heterocycles. The maximum absolute atomic E-state index is 13.7. The number of nitrogens with zero attached hydrogens (tertiary/aromatic N) is 1. The Bertz CT molecular complexity index is 973. The van der Waals surface area contributed by atoms with Gasteiger partial charge < -0.3 is 15.0 Å². The topological polar surface area (TPSA) is 75.7 Å². The highest BCUT2D eigenvalue weighted by Gasteiger charge is 2.31. The highest BCUT2D eigenvalue weighted by Crippen LogP contribution is 2.22. The molecule has 0 aliphatic carbocycles. The van der Waals surface area contributed by atoms with Gasteiger partial charge in [-0.2, -0.15) is 0 Å². The summed E-state index contributed by atoms with van der Waals surface area (Å²) in [5, 5.41) is 2.19. The summed E-state index contributed by atoms with van der Waals surface area (Å²) in [7, 11) is 0. The standard InChI is InChI=1S/C22H21F3N2O4/c1-13(20(28)26-19-12-17(24)6-7-18(19)25)31-22(30)15-8-10-27(11-9-15)21(29)14-2-4-16(23)5-3-14/h2-7,12-13,15H,8-11H2,1H3,(H,26,28). The van der Waals surface area contributed by atoms with E-state index in [2.05, 4.69) is 5.32 Å². The van der Waals surface area contributed by atoms with Gasteiger partial charge in [0.2, 0.25) is 0 Å². The first kappa shape index (κ1) is 22.3. The van der Waals surface area contributed by atoms with Crippen LogP contribution in [0.2, 0.25) is 0 Å². The Morgan fingerprint density at radius 3 is 2.26 bits per heavy atom. The predicted octanol–water partition coefficient (Wildman–Crippen LogP) is 3.53. The number of benzene rings is 2. The lowest BCUT2D eigenvalue weighted by molar-refractivity contribution is -0.158. The van der Waals surface area contributed by atoms with Crippen LogP contribution in [0.4, 0.5) is 18.9 Å². The molecule has 0 radical (unpaired) electrons. The Balaban J connectivity index is 1.50. The fourth-order valence-electron chi connectivity index (χ4n) is 3.24. The number of carbonyl (C=O) groups is 3. The third-order valence-electron chi connectivity index (χ3n) is 5.06. The summed E-state index contributed by atoms with van der Waals surface area (Å²) in [6, 6.07) is 7.85. The van der Waals surface area contributed by atoms with Crippen LogP contribution in [0.25, 0.3) is 0 Å². The molecule has 1 atom stereocenters. The number of carbonyl (C=O) groups excluding carboxylic acids is 3. The van der Waals surface area contributed by atoms with Crippen molar-refractivity contribution in [3.05, 3.63) is 65.5 Å². The zero-order valence-corrected chi connectivity index (χ0v) is 16.7. The van der Waals surface area contributed by atoms with Gasteiger partial charge in [-0.25, -0.2) is 13.2 Å². The van der Waals surface area contributed by atoms with Gasteiger partial charge >= 0.3 is 5.97 Å². The first-order valence-corrected chi connectivity index (χ1v) is 9.76. The number of piperidine rings is 1. The minimum atomic E-state index is -1.21. The van der Waals surface area contributed by atoms with E-state index < -0.39 is 41.4 Å². The van der Waals surface area contributed by atoms with E-state index in [1.165, 1.54) is 31.2 Å². The fourth-order valence-corrected chi connectivity index (χ4v) is 3.24. The molecule has 2 aromatic carbocycles. The van der Waals surface area contributed by atoms with Crippen molar-refractivity contribution in [1.82, 2.24) is 4.90 Å². The van der Waals surface area contributed by atoms with E-state index in [9.17, 15) is 27.6 Å². The number of amides is 2. The molecule has 1 N–H and O–H groups in total. The molecule has 31 heavy (non-hydrogen) atoms. The fraction of sp³-hybridized carbons (Fsp3) is 0.318. The lowest BCUT2D eigenvalue weighted by atomic mass is 9.96. The lowest BCUT2D eigenvalue weighted by Crippen LogP contribution is -2.41. The molecule has 1 aliphatic heterocycles. The normalized spacial score (nSPS) is 15.3. The van der Waals surface area contributed by atoms with E-state index in [4.69, 9.17) is 4.74 Å². The minimum Gasteiger partial charge on any atom is -0.452 e. The average Bonchev–Trinajstić information content (AvgIpc) is 2.76. The molecule has 6 nitrogen and oxygen atoms in total. The Morgan fingerprint density at radius 1 is 1.00 bits per heavy atom. The Kier molecular flexibility index (Phi) is 6.94. The molecular weight excluding hydrogens is 413 g/mol. The second kappa shape index (κ2) is 9.63. The van der Waals surface area contributed by atoms with Crippen molar-refractivity contribution >= 4 is 23.5 Å². The molecule has 1 fully saturated rings. The van der Waals surface area contributed by atoms with Gasteiger partial charge in [-0.15, -0.1) is 0 Å².